The van der Waals surface area contributed by atoms with Crippen LogP contribution >= 0.6 is 0 Å². The molecule has 0 unspecified atom stereocenters. The molecule has 2 heterocycles. The Morgan fingerprint density at radius 3 is 2.81 bits per heavy atom. The van der Waals surface area contributed by atoms with Gasteiger partial charge in [0, 0.05) is 25.0 Å². The molecular weight excluding hydrogens is 358 g/mol. The Morgan fingerprint density at radius 1 is 1.15 bits per heavy atom. The summed E-state index contributed by atoms with van der Waals surface area (Å²) in [5.41, 5.74) is 1.90. The summed E-state index contributed by atoms with van der Waals surface area (Å²) < 4.78 is 39.2. The second-order valence-corrected chi connectivity index (χ2v) is 7.69. The number of hydrogen-bond acceptors (Lipinski definition) is 5. The summed E-state index contributed by atoms with van der Waals surface area (Å²) in [6.45, 7) is 1.08. The quantitative estimate of drug-likeness (QED) is 0.858. The van der Waals surface area contributed by atoms with Gasteiger partial charge < -0.3 is 19.7 Å². The number of benzene rings is 2. The molecule has 2 aliphatic heterocycles. The highest BCUT2D eigenvalue weighted by atomic mass is 32.2. The van der Waals surface area contributed by atoms with Gasteiger partial charge in [0.25, 0.3) is 10.0 Å². The van der Waals surface area contributed by atoms with Crippen molar-refractivity contribution in [1.82, 2.24) is 4.90 Å². The first kappa shape index (κ1) is 16.5. The van der Waals surface area contributed by atoms with Crippen LogP contribution in [0.5, 0.6) is 11.5 Å². The van der Waals surface area contributed by atoms with Crippen LogP contribution in [0.1, 0.15) is 5.56 Å². The van der Waals surface area contributed by atoms with E-state index >= 15 is 0 Å². The molecule has 26 heavy (non-hydrogen) atoms. The van der Waals surface area contributed by atoms with Crippen LogP contribution in [-0.4, -0.2) is 39.6 Å². The summed E-state index contributed by atoms with van der Waals surface area (Å²) in [7, 11) is -2.19. The van der Waals surface area contributed by atoms with Gasteiger partial charge in [-0.15, -0.1) is 0 Å². The first-order valence-electron chi connectivity index (χ1n) is 8.00. The van der Waals surface area contributed by atoms with E-state index in [1.54, 1.807) is 37.4 Å². The van der Waals surface area contributed by atoms with E-state index < -0.39 is 10.0 Å². The molecule has 0 aromatic heterocycles. The van der Waals surface area contributed by atoms with Gasteiger partial charge in [0.1, 0.15) is 18.1 Å². The van der Waals surface area contributed by atoms with E-state index in [-0.39, 0.29) is 16.7 Å². The lowest BCUT2D eigenvalue weighted by atomic mass is 10.1. The molecule has 0 bridgehead atoms. The maximum absolute atomic E-state index is 12.8. The van der Waals surface area contributed by atoms with E-state index in [0.717, 1.165) is 5.56 Å². The lowest BCUT2D eigenvalue weighted by Gasteiger charge is -2.26. The topological polar surface area (TPSA) is 97.0 Å². The number of carbonyl (C=O) groups is 1. The van der Waals surface area contributed by atoms with Crippen molar-refractivity contribution in [1.29, 1.82) is 0 Å². The first-order chi connectivity index (χ1) is 12.4. The number of rotatable bonds is 3. The summed E-state index contributed by atoms with van der Waals surface area (Å²) in [6.07, 6.45) is 0. The predicted molar refractivity (Wildman–Crippen MR) is 95.2 cm³/mol. The minimum absolute atomic E-state index is 0.0258. The molecule has 136 valence electrons. The number of carbonyl (C=O) groups excluding carboxylic acids is 1. The van der Waals surface area contributed by atoms with Gasteiger partial charge in [0.15, 0.2) is 11.5 Å². The van der Waals surface area contributed by atoms with E-state index in [1.165, 1.54) is 11.0 Å². The third-order valence-corrected chi connectivity index (χ3v) is 5.58. The smallest absolute Gasteiger partial charge is 0.321 e. The van der Waals surface area contributed by atoms with E-state index in [1.807, 2.05) is 0 Å². The fourth-order valence-corrected chi connectivity index (χ4v) is 4.13. The molecule has 0 aliphatic carbocycles. The van der Waals surface area contributed by atoms with Crippen molar-refractivity contribution in [2.75, 3.05) is 30.3 Å². The van der Waals surface area contributed by atoms with E-state index in [4.69, 9.17) is 9.47 Å². The zero-order valence-corrected chi connectivity index (χ0v) is 14.8. The van der Waals surface area contributed by atoms with Gasteiger partial charge in [-0.25, -0.2) is 13.2 Å². The second-order valence-electron chi connectivity index (χ2n) is 6.04. The highest BCUT2D eigenvalue weighted by Gasteiger charge is 2.26. The SMILES string of the molecule is CN1Cc2cc(NS(=O)(=O)c3cccc4c3OCCO4)ccc2NC1=O. The summed E-state index contributed by atoms with van der Waals surface area (Å²) in [6, 6.07) is 9.55. The molecule has 0 radical (unpaired) electrons. The van der Waals surface area contributed by atoms with Gasteiger partial charge in [-0.1, -0.05) is 6.07 Å². The van der Waals surface area contributed by atoms with Crippen molar-refractivity contribution in [2.45, 2.75) is 11.4 Å². The summed E-state index contributed by atoms with van der Waals surface area (Å²) in [5, 5.41) is 2.75. The van der Waals surface area contributed by atoms with Crippen LogP contribution < -0.4 is 19.5 Å². The van der Waals surface area contributed by atoms with Crippen molar-refractivity contribution >= 4 is 27.4 Å². The van der Waals surface area contributed by atoms with Crippen LogP contribution in [0.15, 0.2) is 41.3 Å². The molecule has 0 spiro atoms. The van der Waals surface area contributed by atoms with E-state index in [9.17, 15) is 13.2 Å². The Kier molecular flexibility index (Phi) is 3.87. The lowest BCUT2D eigenvalue weighted by molar-refractivity contribution is 0.167. The molecule has 2 amide bonds. The number of sulfonamides is 1. The minimum atomic E-state index is -3.86. The number of nitrogens with zero attached hydrogens (tertiary/aromatic N) is 1. The van der Waals surface area contributed by atoms with Gasteiger partial charge in [0.2, 0.25) is 0 Å². The van der Waals surface area contributed by atoms with Crippen LogP contribution in [0.25, 0.3) is 0 Å². The van der Waals surface area contributed by atoms with Crippen molar-refractivity contribution in [2.24, 2.45) is 0 Å². The lowest BCUT2D eigenvalue weighted by Crippen LogP contribution is -2.35. The zero-order valence-electron chi connectivity index (χ0n) is 14.0. The van der Waals surface area contributed by atoms with Gasteiger partial charge in [0.05, 0.1) is 0 Å². The minimum Gasteiger partial charge on any atom is -0.486 e. The number of nitrogens with one attached hydrogen (secondary N) is 2. The van der Waals surface area contributed by atoms with Crippen LogP contribution in [0.4, 0.5) is 16.2 Å². The molecule has 9 heteroatoms. The molecule has 0 atom stereocenters. The van der Waals surface area contributed by atoms with Crippen LogP contribution in [0.2, 0.25) is 0 Å². The molecule has 0 fully saturated rings. The predicted octanol–water partition coefficient (Wildman–Crippen LogP) is 2.24. The molecule has 0 saturated heterocycles. The van der Waals surface area contributed by atoms with E-state index in [0.29, 0.717) is 36.9 Å². The van der Waals surface area contributed by atoms with Gasteiger partial charge in [-0.3, -0.25) is 4.72 Å². The number of anilines is 2. The van der Waals surface area contributed by atoms with Crippen LogP contribution in [-0.2, 0) is 16.6 Å². The first-order valence-corrected chi connectivity index (χ1v) is 9.49. The van der Waals surface area contributed by atoms with Crippen molar-refractivity contribution in [3.63, 3.8) is 0 Å². The summed E-state index contributed by atoms with van der Waals surface area (Å²) >= 11 is 0. The molecule has 2 N–H and O–H groups in total. The van der Waals surface area contributed by atoms with Crippen molar-refractivity contribution in [3.8, 4) is 11.5 Å². The Labute approximate surface area is 150 Å². The third kappa shape index (κ3) is 2.90. The van der Waals surface area contributed by atoms with Gasteiger partial charge >= 0.3 is 6.03 Å². The number of fused-ring (bicyclic) bond motifs is 2. The Morgan fingerprint density at radius 2 is 1.96 bits per heavy atom. The van der Waals surface area contributed by atoms with Crippen molar-refractivity contribution in [3.05, 3.63) is 42.0 Å². The number of hydrogen-bond donors (Lipinski definition) is 2. The highest BCUT2D eigenvalue weighted by molar-refractivity contribution is 7.92. The van der Waals surface area contributed by atoms with Gasteiger partial charge in [-0.2, -0.15) is 0 Å². The maximum Gasteiger partial charge on any atom is 0.321 e. The van der Waals surface area contributed by atoms with Gasteiger partial charge in [-0.05, 0) is 35.9 Å². The average Bonchev–Trinajstić information content (AvgIpc) is 2.62. The van der Waals surface area contributed by atoms with Crippen LogP contribution in [0.3, 0.4) is 0 Å². The number of para-hydroxylation sites is 1. The molecular formula is C17H17N3O5S. The Balaban J connectivity index is 1.65. The van der Waals surface area contributed by atoms with Crippen molar-refractivity contribution < 1.29 is 22.7 Å². The number of urea groups is 1. The normalized spacial score (nSPS) is 15.9. The molecule has 2 aromatic carbocycles. The standard InChI is InChI=1S/C17H17N3O5S/c1-20-10-11-9-12(5-6-13(11)18-17(20)21)19-26(22,23)15-4-2-3-14-16(15)25-8-7-24-14/h2-6,9,19H,7-8,10H2,1H3,(H,18,21). The second kappa shape index (κ2) is 6.10. The fourth-order valence-electron chi connectivity index (χ4n) is 2.92. The average molecular weight is 375 g/mol. The Bertz CT molecular complexity index is 990. The number of amides is 2. The third-order valence-electron chi connectivity index (χ3n) is 4.17. The molecule has 2 aliphatic rings. The largest absolute Gasteiger partial charge is 0.486 e. The summed E-state index contributed by atoms with van der Waals surface area (Å²) in [4.78, 5) is 13.2. The molecule has 8 nitrogen and oxygen atoms in total. The summed E-state index contributed by atoms with van der Waals surface area (Å²) in [5.74, 6) is 0.630. The van der Waals surface area contributed by atoms with Crippen LogP contribution in [0, 0.1) is 0 Å². The number of ether oxygens (including phenoxy) is 2. The molecule has 4 rings (SSSR count). The molecule has 2 aromatic rings. The fraction of sp³-hybridized carbons (Fsp3) is 0.235. The Hall–Kier alpha value is -2.94. The highest BCUT2D eigenvalue weighted by Crippen LogP contribution is 2.37. The maximum atomic E-state index is 12.8. The monoisotopic (exact) mass is 375 g/mol. The molecule has 0 saturated carbocycles. The zero-order chi connectivity index (χ0) is 18.3. The van der Waals surface area contributed by atoms with E-state index in [2.05, 4.69) is 10.0 Å².